The topological polar surface area (TPSA) is 154 Å². The van der Waals surface area contributed by atoms with Crippen LogP contribution in [0.25, 0.3) is 0 Å². The molecule has 0 heterocycles. The zero-order valence-corrected chi connectivity index (χ0v) is 12.6. The van der Waals surface area contributed by atoms with E-state index in [1.54, 1.807) is 0 Å². The van der Waals surface area contributed by atoms with Crippen molar-refractivity contribution in [2.45, 2.75) is 39.4 Å². The van der Waals surface area contributed by atoms with Crippen molar-refractivity contribution in [2.24, 2.45) is 5.92 Å². The summed E-state index contributed by atoms with van der Waals surface area (Å²) in [5, 5.41) is 16.8. The molecule has 0 bridgehead atoms. The van der Waals surface area contributed by atoms with Gasteiger partial charge in [-0.05, 0) is 0 Å². The summed E-state index contributed by atoms with van der Waals surface area (Å²) in [5.74, 6) is -6.15. The predicted molar refractivity (Wildman–Crippen MR) is 70.9 cm³/mol. The highest BCUT2D eigenvalue weighted by Gasteiger charge is 2.23. The Hall–Kier alpha value is -2.65. The molecule has 23 heavy (non-hydrogen) atoms. The molecule has 0 saturated carbocycles. The van der Waals surface area contributed by atoms with Crippen molar-refractivity contribution in [3.8, 4) is 0 Å². The van der Waals surface area contributed by atoms with Gasteiger partial charge in [-0.2, -0.15) is 0 Å². The predicted octanol–water partition coefficient (Wildman–Crippen LogP) is -0.0624. The maximum absolute atomic E-state index is 11.5. The average molecular weight is 334 g/mol. The summed E-state index contributed by atoms with van der Waals surface area (Å²) in [6.07, 6.45) is -3.45. The number of carbonyl (C=O) groups excluding carboxylic acids is 3. The van der Waals surface area contributed by atoms with Crippen LogP contribution in [-0.2, 0) is 38.2 Å². The van der Waals surface area contributed by atoms with Crippen LogP contribution in [0.1, 0.15) is 33.1 Å². The Kier molecular flexibility index (Phi) is 8.97. The fraction of sp³-hybridized carbons (Fsp3) is 0.615. The Bertz CT molecular complexity index is 467. The second-order valence-corrected chi connectivity index (χ2v) is 4.66. The Morgan fingerprint density at radius 1 is 0.870 bits per heavy atom. The van der Waals surface area contributed by atoms with E-state index < -0.39 is 54.9 Å². The van der Waals surface area contributed by atoms with Crippen molar-refractivity contribution in [1.82, 2.24) is 0 Å². The second-order valence-electron chi connectivity index (χ2n) is 4.66. The van der Waals surface area contributed by atoms with Crippen molar-refractivity contribution < 1.29 is 48.4 Å². The number of hydrogen-bond acceptors (Lipinski definition) is 8. The van der Waals surface area contributed by atoms with E-state index in [-0.39, 0.29) is 13.0 Å². The van der Waals surface area contributed by atoms with Gasteiger partial charge in [-0.1, -0.05) is 13.8 Å². The quantitative estimate of drug-likeness (QED) is 0.315. The fourth-order valence-corrected chi connectivity index (χ4v) is 1.16. The molecule has 0 aromatic carbocycles. The Morgan fingerprint density at radius 2 is 1.39 bits per heavy atom. The van der Waals surface area contributed by atoms with Crippen LogP contribution >= 0.6 is 0 Å². The molecule has 130 valence electrons. The Labute approximate surface area is 131 Å². The molecule has 2 N–H and O–H groups in total. The summed E-state index contributed by atoms with van der Waals surface area (Å²) in [6, 6.07) is 0. The van der Waals surface area contributed by atoms with Gasteiger partial charge in [-0.15, -0.1) is 0 Å². The lowest BCUT2D eigenvalue weighted by Gasteiger charge is -2.19. The van der Waals surface area contributed by atoms with E-state index in [2.05, 4.69) is 9.47 Å². The molecule has 1 unspecified atom stereocenters. The van der Waals surface area contributed by atoms with E-state index in [0.29, 0.717) is 0 Å². The lowest BCUT2D eigenvalue weighted by molar-refractivity contribution is -0.193. The molecule has 0 rings (SSSR count). The van der Waals surface area contributed by atoms with Crippen LogP contribution < -0.4 is 0 Å². The number of carboxylic acid groups (broad SMARTS) is 2. The highest BCUT2D eigenvalue weighted by molar-refractivity contribution is 5.90. The van der Waals surface area contributed by atoms with Gasteiger partial charge >= 0.3 is 29.8 Å². The minimum absolute atomic E-state index is 0.255. The molecule has 10 nitrogen and oxygen atoms in total. The maximum Gasteiger partial charge on any atom is 0.320 e. The molecular weight excluding hydrogens is 316 g/mol. The Balaban J connectivity index is 4.50. The number of carboxylic acids is 2. The molecule has 0 aromatic heterocycles. The Morgan fingerprint density at radius 3 is 1.87 bits per heavy atom. The summed E-state index contributed by atoms with van der Waals surface area (Å²) in [5.41, 5.74) is 0. The van der Waals surface area contributed by atoms with E-state index >= 15 is 0 Å². The summed E-state index contributed by atoms with van der Waals surface area (Å²) in [7, 11) is 0. The molecule has 0 aliphatic carbocycles. The average Bonchev–Trinajstić information content (AvgIpc) is 2.35. The zero-order chi connectivity index (χ0) is 18.0. The van der Waals surface area contributed by atoms with E-state index in [1.165, 1.54) is 13.8 Å². The lowest BCUT2D eigenvalue weighted by Crippen LogP contribution is -2.29. The van der Waals surface area contributed by atoms with Crippen molar-refractivity contribution in [3.05, 3.63) is 0 Å². The molecule has 0 aromatic rings. The molecule has 0 amide bonds. The van der Waals surface area contributed by atoms with Crippen LogP contribution in [0.5, 0.6) is 0 Å². The third-order valence-electron chi connectivity index (χ3n) is 2.19. The molecular formula is C13H18O10. The molecule has 1 atom stereocenters. The van der Waals surface area contributed by atoms with E-state index in [1.807, 2.05) is 0 Å². The van der Waals surface area contributed by atoms with E-state index in [0.717, 1.165) is 0 Å². The van der Waals surface area contributed by atoms with Gasteiger partial charge in [-0.3, -0.25) is 24.0 Å². The van der Waals surface area contributed by atoms with Crippen LogP contribution in [-0.4, -0.2) is 53.0 Å². The highest BCUT2D eigenvalue weighted by atomic mass is 16.7. The summed E-state index contributed by atoms with van der Waals surface area (Å²) in [4.78, 5) is 54.5. The standard InChI is InChI=1S/C13H18O10/c1-7(2)13(20)23-12(22-11(19)6-9(16)17)3-4-21-10(18)5-8(14)15/h7,12H,3-6H2,1-2H3,(H,14,15)(H,16,17). The molecule has 10 heteroatoms. The minimum Gasteiger partial charge on any atom is -0.481 e. The van der Waals surface area contributed by atoms with Crippen molar-refractivity contribution in [2.75, 3.05) is 6.61 Å². The number of ether oxygens (including phenoxy) is 3. The molecule has 0 aliphatic heterocycles. The number of aliphatic carboxylic acids is 2. The van der Waals surface area contributed by atoms with Gasteiger partial charge in [0.25, 0.3) is 6.29 Å². The van der Waals surface area contributed by atoms with Gasteiger partial charge in [-0.25, -0.2) is 0 Å². The van der Waals surface area contributed by atoms with Crippen LogP contribution in [0.15, 0.2) is 0 Å². The van der Waals surface area contributed by atoms with Crippen molar-refractivity contribution in [1.29, 1.82) is 0 Å². The van der Waals surface area contributed by atoms with Crippen LogP contribution in [0.3, 0.4) is 0 Å². The largest absolute Gasteiger partial charge is 0.481 e. The van der Waals surface area contributed by atoms with Crippen molar-refractivity contribution in [3.63, 3.8) is 0 Å². The lowest BCUT2D eigenvalue weighted by atomic mass is 10.2. The smallest absolute Gasteiger partial charge is 0.320 e. The summed E-state index contributed by atoms with van der Waals surface area (Å²) in [6.45, 7) is 2.69. The summed E-state index contributed by atoms with van der Waals surface area (Å²) >= 11 is 0. The highest BCUT2D eigenvalue weighted by Crippen LogP contribution is 2.08. The molecule has 0 spiro atoms. The van der Waals surface area contributed by atoms with Crippen LogP contribution in [0.2, 0.25) is 0 Å². The number of esters is 3. The van der Waals surface area contributed by atoms with Gasteiger partial charge in [0.15, 0.2) is 0 Å². The van der Waals surface area contributed by atoms with Gasteiger partial charge < -0.3 is 24.4 Å². The minimum atomic E-state index is -1.44. The summed E-state index contributed by atoms with van der Waals surface area (Å²) < 4.78 is 14.1. The fourth-order valence-electron chi connectivity index (χ4n) is 1.16. The molecule has 0 radical (unpaired) electrons. The van der Waals surface area contributed by atoms with Gasteiger partial charge in [0.05, 0.1) is 18.9 Å². The molecule has 0 aliphatic rings. The van der Waals surface area contributed by atoms with Crippen LogP contribution in [0, 0.1) is 5.92 Å². The number of carbonyl (C=O) groups is 5. The first-order valence-corrected chi connectivity index (χ1v) is 6.61. The van der Waals surface area contributed by atoms with Crippen LogP contribution in [0.4, 0.5) is 0 Å². The normalized spacial score (nSPS) is 11.4. The SMILES string of the molecule is CC(C)C(=O)OC(CCOC(=O)CC(=O)O)OC(=O)CC(=O)O. The third-order valence-corrected chi connectivity index (χ3v) is 2.19. The molecule has 0 saturated heterocycles. The first kappa shape index (κ1) is 20.3. The third kappa shape index (κ3) is 10.7. The van der Waals surface area contributed by atoms with Crippen molar-refractivity contribution >= 4 is 29.8 Å². The van der Waals surface area contributed by atoms with Gasteiger partial charge in [0, 0.05) is 0 Å². The second kappa shape index (κ2) is 10.1. The van der Waals surface area contributed by atoms with Gasteiger partial charge in [0.2, 0.25) is 0 Å². The zero-order valence-electron chi connectivity index (χ0n) is 12.6. The molecule has 0 fully saturated rings. The first-order valence-electron chi connectivity index (χ1n) is 6.61. The van der Waals surface area contributed by atoms with E-state index in [9.17, 15) is 24.0 Å². The number of rotatable bonds is 10. The maximum atomic E-state index is 11.5. The first-order chi connectivity index (χ1) is 10.6. The van der Waals surface area contributed by atoms with Gasteiger partial charge in [0.1, 0.15) is 12.8 Å². The monoisotopic (exact) mass is 334 g/mol. The number of hydrogen-bond donors (Lipinski definition) is 2. The van der Waals surface area contributed by atoms with E-state index in [4.69, 9.17) is 14.9 Å².